The number of hydrogen-bond donors (Lipinski definition) is 0. The molecule has 0 bridgehead atoms. The summed E-state index contributed by atoms with van der Waals surface area (Å²) < 4.78 is 2.29. The Balaban J connectivity index is 1.32. The molecule has 8 aromatic carbocycles. The van der Waals surface area contributed by atoms with Gasteiger partial charge in [0.05, 0.1) is 11.0 Å². The van der Waals surface area contributed by atoms with Crippen LogP contribution in [0, 0.1) is 0 Å². The largest absolute Gasteiger partial charge is 0.292 e. The highest BCUT2D eigenvalue weighted by atomic mass is 15.1. The first kappa shape index (κ1) is 27.1. The molecule has 0 spiro atoms. The topological polar surface area (TPSA) is 17.8 Å². The van der Waals surface area contributed by atoms with E-state index in [9.17, 15) is 0 Å². The number of imidazole rings is 1. The van der Waals surface area contributed by atoms with E-state index in [1.54, 1.807) is 0 Å². The van der Waals surface area contributed by atoms with Gasteiger partial charge in [0.1, 0.15) is 5.82 Å². The van der Waals surface area contributed by atoms with E-state index in [4.69, 9.17) is 4.98 Å². The lowest BCUT2D eigenvalue weighted by Crippen LogP contribution is -1.99. The molecule has 0 atom stereocenters. The fourth-order valence-corrected chi connectivity index (χ4v) is 7.13. The normalized spacial score (nSPS) is 11.4. The zero-order chi connectivity index (χ0) is 31.2. The summed E-state index contributed by atoms with van der Waals surface area (Å²) in [7, 11) is 0. The Morgan fingerprint density at radius 1 is 0.340 bits per heavy atom. The molecule has 0 saturated heterocycles. The standard InChI is InChI=1S/C45H30N2/c1-3-15-31(16-4-1)32-27-29-33(30-28-32)43-35-19-7-9-21-37(35)44(38-22-10-8-20-36(38)43)39-23-11-12-24-40(39)45-46-41-25-13-14-26-42(41)47(45)34-17-5-2-6-18-34/h1-30H. The third-order valence-electron chi connectivity index (χ3n) is 9.22. The van der Waals surface area contributed by atoms with Crippen molar-refractivity contribution in [3.63, 3.8) is 0 Å². The van der Waals surface area contributed by atoms with Crippen LogP contribution >= 0.6 is 0 Å². The van der Waals surface area contributed by atoms with Gasteiger partial charge in [-0.3, -0.25) is 4.57 Å². The van der Waals surface area contributed by atoms with Crippen LogP contribution in [-0.2, 0) is 0 Å². The quantitative estimate of drug-likeness (QED) is 0.180. The molecule has 47 heavy (non-hydrogen) atoms. The van der Waals surface area contributed by atoms with Crippen LogP contribution in [0.1, 0.15) is 0 Å². The van der Waals surface area contributed by atoms with E-state index in [0.717, 1.165) is 28.1 Å². The second-order valence-electron chi connectivity index (χ2n) is 11.9. The molecule has 1 aromatic heterocycles. The molecule has 0 N–H and O–H groups in total. The van der Waals surface area contributed by atoms with Crippen LogP contribution in [0.2, 0.25) is 0 Å². The lowest BCUT2D eigenvalue weighted by atomic mass is 9.84. The van der Waals surface area contributed by atoms with Gasteiger partial charge in [-0.1, -0.05) is 158 Å². The number of benzene rings is 8. The molecule has 2 heteroatoms. The molecule has 220 valence electrons. The Hall–Kier alpha value is -6.25. The Morgan fingerprint density at radius 2 is 0.809 bits per heavy atom. The van der Waals surface area contributed by atoms with Gasteiger partial charge in [0.15, 0.2) is 0 Å². The molecule has 0 radical (unpaired) electrons. The maximum absolute atomic E-state index is 5.27. The fourth-order valence-electron chi connectivity index (χ4n) is 7.13. The molecule has 0 aliphatic rings. The predicted molar refractivity (Wildman–Crippen MR) is 198 cm³/mol. The molecule has 0 aliphatic heterocycles. The average Bonchev–Trinajstić information content (AvgIpc) is 3.54. The first-order valence-electron chi connectivity index (χ1n) is 16.1. The highest BCUT2D eigenvalue weighted by Gasteiger charge is 2.22. The number of rotatable bonds is 5. The summed E-state index contributed by atoms with van der Waals surface area (Å²) >= 11 is 0. The Kier molecular flexibility index (Phi) is 6.50. The number of para-hydroxylation sites is 3. The lowest BCUT2D eigenvalue weighted by molar-refractivity contribution is 1.10. The molecule has 0 unspecified atom stereocenters. The maximum atomic E-state index is 5.27. The van der Waals surface area contributed by atoms with Gasteiger partial charge >= 0.3 is 0 Å². The molecular formula is C45H30N2. The second-order valence-corrected chi connectivity index (χ2v) is 11.9. The van der Waals surface area contributed by atoms with Crippen molar-refractivity contribution < 1.29 is 0 Å². The first-order valence-corrected chi connectivity index (χ1v) is 16.1. The van der Waals surface area contributed by atoms with Gasteiger partial charge < -0.3 is 0 Å². The number of fused-ring (bicyclic) bond motifs is 3. The van der Waals surface area contributed by atoms with E-state index in [1.165, 1.54) is 54.9 Å². The number of nitrogens with zero attached hydrogens (tertiary/aromatic N) is 2. The van der Waals surface area contributed by atoms with Crippen LogP contribution in [0.25, 0.3) is 83.0 Å². The van der Waals surface area contributed by atoms with Crippen LogP contribution in [0.4, 0.5) is 0 Å². The summed E-state index contributed by atoms with van der Waals surface area (Å²) in [5.41, 5.74) is 11.6. The Bertz CT molecular complexity index is 2490. The van der Waals surface area contributed by atoms with Crippen molar-refractivity contribution in [3.05, 3.63) is 182 Å². The third kappa shape index (κ3) is 4.54. The monoisotopic (exact) mass is 598 g/mol. The molecule has 2 nitrogen and oxygen atoms in total. The van der Waals surface area contributed by atoms with E-state index in [-0.39, 0.29) is 0 Å². The van der Waals surface area contributed by atoms with Gasteiger partial charge in [-0.2, -0.15) is 0 Å². The minimum absolute atomic E-state index is 0.932. The van der Waals surface area contributed by atoms with E-state index >= 15 is 0 Å². The predicted octanol–water partition coefficient (Wildman–Crippen LogP) is 12.0. The number of hydrogen-bond acceptors (Lipinski definition) is 1. The van der Waals surface area contributed by atoms with Crippen LogP contribution in [0.5, 0.6) is 0 Å². The number of aromatic nitrogens is 2. The summed E-state index contributed by atoms with van der Waals surface area (Å²) in [6.45, 7) is 0. The van der Waals surface area contributed by atoms with Crippen LogP contribution in [0.3, 0.4) is 0 Å². The fraction of sp³-hybridized carbons (Fsp3) is 0. The molecular weight excluding hydrogens is 569 g/mol. The minimum atomic E-state index is 0.932. The summed E-state index contributed by atoms with van der Waals surface area (Å²) in [5, 5.41) is 4.92. The zero-order valence-electron chi connectivity index (χ0n) is 25.7. The van der Waals surface area contributed by atoms with Crippen molar-refractivity contribution in [1.82, 2.24) is 9.55 Å². The van der Waals surface area contributed by atoms with Crippen LogP contribution < -0.4 is 0 Å². The molecule has 0 fully saturated rings. The average molecular weight is 599 g/mol. The maximum Gasteiger partial charge on any atom is 0.146 e. The van der Waals surface area contributed by atoms with Gasteiger partial charge in [0, 0.05) is 11.3 Å². The molecule has 9 rings (SSSR count). The highest BCUT2D eigenvalue weighted by Crippen LogP contribution is 2.46. The van der Waals surface area contributed by atoms with Crippen molar-refractivity contribution in [1.29, 1.82) is 0 Å². The minimum Gasteiger partial charge on any atom is -0.292 e. The van der Waals surface area contributed by atoms with E-state index in [2.05, 4.69) is 187 Å². The van der Waals surface area contributed by atoms with Gasteiger partial charge in [-0.05, 0) is 79.2 Å². The van der Waals surface area contributed by atoms with Gasteiger partial charge in [0.25, 0.3) is 0 Å². The molecule has 0 saturated carbocycles. The van der Waals surface area contributed by atoms with Crippen molar-refractivity contribution in [2.75, 3.05) is 0 Å². The van der Waals surface area contributed by atoms with Crippen molar-refractivity contribution >= 4 is 32.6 Å². The SMILES string of the molecule is c1ccc(-c2ccc(-c3c4ccccc4c(-c4ccccc4-c4nc5ccccc5n4-c4ccccc4)c4ccccc34)cc2)cc1. The smallest absolute Gasteiger partial charge is 0.146 e. The summed E-state index contributed by atoms with van der Waals surface area (Å²) in [4.78, 5) is 5.27. The third-order valence-corrected chi connectivity index (χ3v) is 9.22. The highest BCUT2D eigenvalue weighted by molar-refractivity contribution is 6.22. The van der Waals surface area contributed by atoms with Crippen LogP contribution in [-0.4, -0.2) is 9.55 Å². The Labute approximate surface area is 273 Å². The van der Waals surface area contributed by atoms with Crippen molar-refractivity contribution in [2.24, 2.45) is 0 Å². The van der Waals surface area contributed by atoms with Crippen molar-refractivity contribution in [2.45, 2.75) is 0 Å². The summed E-state index contributed by atoms with van der Waals surface area (Å²) in [5.74, 6) is 0.932. The van der Waals surface area contributed by atoms with E-state index < -0.39 is 0 Å². The summed E-state index contributed by atoms with van der Waals surface area (Å²) in [6, 6.07) is 65.0. The summed E-state index contributed by atoms with van der Waals surface area (Å²) in [6.07, 6.45) is 0. The molecule has 0 aliphatic carbocycles. The lowest BCUT2D eigenvalue weighted by Gasteiger charge is -2.20. The van der Waals surface area contributed by atoms with Gasteiger partial charge in [-0.15, -0.1) is 0 Å². The molecule has 9 aromatic rings. The van der Waals surface area contributed by atoms with Gasteiger partial charge in [-0.25, -0.2) is 4.98 Å². The first-order chi connectivity index (χ1) is 23.3. The Morgan fingerprint density at radius 3 is 1.47 bits per heavy atom. The molecule has 1 heterocycles. The van der Waals surface area contributed by atoms with Gasteiger partial charge in [0.2, 0.25) is 0 Å². The molecule has 0 amide bonds. The second kappa shape index (κ2) is 11.3. The van der Waals surface area contributed by atoms with E-state index in [0.29, 0.717) is 0 Å². The van der Waals surface area contributed by atoms with Crippen LogP contribution in [0.15, 0.2) is 182 Å². The van der Waals surface area contributed by atoms with E-state index in [1.807, 2.05) is 0 Å². The van der Waals surface area contributed by atoms with Crippen molar-refractivity contribution in [3.8, 4) is 50.5 Å². The zero-order valence-corrected chi connectivity index (χ0v) is 25.7.